The molecule has 0 saturated heterocycles. The van der Waals surface area contributed by atoms with E-state index in [2.05, 4.69) is 6.58 Å². The second-order valence-electron chi connectivity index (χ2n) is 11.3. The van der Waals surface area contributed by atoms with Crippen molar-refractivity contribution >= 4 is 11.9 Å². The van der Waals surface area contributed by atoms with Crippen LogP contribution in [0.4, 0.5) is 0 Å². The van der Waals surface area contributed by atoms with Crippen LogP contribution < -0.4 is 0 Å². The van der Waals surface area contributed by atoms with Crippen LogP contribution >= 0.6 is 0 Å². The fourth-order valence-electron chi connectivity index (χ4n) is 8.46. The Kier molecular flexibility index (Phi) is 5.16. The molecule has 3 N–H and O–H groups in total. The van der Waals surface area contributed by atoms with Crippen molar-refractivity contribution in [2.24, 2.45) is 34.0 Å². The molecule has 4 fully saturated rings. The number of aliphatic hydroxyl groups is 3. The van der Waals surface area contributed by atoms with Gasteiger partial charge in [0.05, 0.1) is 18.3 Å². The summed E-state index contributed by atoms with van der Waals surface area (Å²) in [6, 6.07) is 0. The zero-order valence-electron chi connectivity index (χ0n) is 19.1. The summed E-state index contributed by atoms with van der Waals surface area (Å²) < 4.78 is 11.5. The van der Waals surface area contributed by atoms with Crippen molar-refractivity contribution in [3.63, 3.8) is 0 Å². The maximum absolute atomic E-state index is 12.1. The monoisotopic (exact) mass is 436 g/mol. The highest BCUT2D eigenvalue weighted by Gasteiger charge is 2.74. The molecule has 4 aliphatic rings. The molecule has 7 nitrogen and oxygen atoms in total. The van der Waals surface area contributed by atoms with Gasteiger partial charge in [-0.2, -0.15) is 0 Å². The van der Waals surface area contributed by atoms with Crippen LogP contribution in [0.15, 0.2) is 12.2 Å². The summed E-state index contributed by atoms with van der Waals surface area (Å²) in [4.78, 5) is 23.9. The summed E-state index contributed by atoms with van der Waals surface area (Å²) in [6.45, 7) is 12.7. The van der Waals surface area contributed by atoms with Crippen molar-refractivity contribution in [1.29, 1.82) is 0 Å². The minimum atomic E-state index is -0.901. The normalized spacial score (nSPS) is 50.3. The van der Waals surface area contributed by atoms with E-state index in [9.17, 15) is 24.9 Å². The van der Waals surface area contributed by atoms with Crippen LogP contribution in [-0.4, -0.2) is 57.8 Å². The third kappa shape index (κ3) is 2.96. The Hall–Kier alpha value is -1.44. The SMILES string of the molecule is C=C1[C@@H]2C[C@H](O)[C@@H]3[C@@](C2)(C[C@H](OC(C)=O)[C@@H]2C(C)(C)[C@@H](OC(C)=O)C[C@H](O)[C@]23C)[C@@H]1O. The van der Waals surface area contributed by atoms with Gasteiger partial charge in [0, 0.05) is 48.3 Å². The molecule has 4 rings (SSSR count). The molecule has 1 spiro atoms. The van der Waals surface area contributed by atoms with Gasteiger partial charge in [-0.3, -0.25) is 9.59 Å². The first-order chi connectivity index (χ1) is 14.3. The highest BCUT2D eigenvalue weighted by atomic mass is 16.6. The predicted molar refractivity (Wildman–Crippen MR) is 112 cm³/mol. The van der Waals surface area contributed by atoms with Gasteiger partial charge in [-0.05, 0) is 30.8 Å². The van der Waals surface area contributed by atoms with E-state index in [0.717, 1.165) is 5.57 Å². The molecular formula is C24H36O7. The Morgan fingerprint density at radius 1 is 0.968 bits per heavy atom. The van der Waals surface area contributed by atoms with Crippen LogP contribution in [0.2, 0.25) is 0 Å². The van der Waals surface area contributed by atoms with E-state index in [1.807, 2.05) is 20.8 Å². The van der Waals surface area contributed by atoms with Crippen molar-refractivity contribution in [2.75, 3.05) is 0 Å². The number of rotatable bonds is 2. The first-order valence-electron chi connectivity index (χ1n) is 11.3. The molecule has 0 amide bonds. The van der Waals surface area contributed by atoms with Crippen molar-refractivity contribution in [1.82, 2.24) is 0 Å². The lowest BCUT2D eigenvalue weighted by Gasteiger charge is -2.68. The van der Waals surface area contributed by atoms with Gasteiger partial charge in [-0.25, -0.2) is 0 Å². The first kappa shape index (κ1) is 22.7. The Balaban J connectivity index is 1.88. The summed E-state index contributed by atoms with van der Waals surface area (Å²) in [5.41, 5.74) is -1.46. The van der Waals surface area contributed by atoms with Crippen LogP contribution in [0.1, 0.15) is 60.3 Å². The van der Waals surface area contributed by atoms with Crippen molar-refractivity contribution in [3.05, 3.63) is 12.2 Å². The second-order valence-corrected chi connectivity index (χ2v) is 11.3. The fraction of sp³-hybridized carbons (Fsp3) is 0.833. The molecule has 4 saturated carbocycles. The van der Waals surface area contributed by atoms with E-state index in [1.165, 1.54) is 13.8 Å². The van der Waals surface area contributed by atoms with E-state index in [4.69, 9.17) is 9.47 Å². The maximum atomic E-state index is 12.1. The topological polar surface area (TPSA) is 113 Å². The Morgan fingerprint density at radius 2 is 1.58 bits per heavy atom. The van der Waals surface area contributed by atoms with Gasteiger partial charge in [0.25, 0.3) is 0 Å². The average molecular weight is 437 g/mol. The number of aliphatic hydroxyl groups excluding tert-OH is 3. The van der Waals surface area contributed by atoms with Gasteiger partial charge in [0.2, 0.25) is 0 Å². The Labute approximate surface area is 183 Å². The molecular weight excluding hydrogens is 400 g/mol. The number of ether oxygens (including phenoxy) is 2. The minimum absolute atomic E-state index is 0.0157. The van der Waals surface area contributed by atoms with Gasteiger partial charge in [0.15, 0.2) is 0 Å². The van der Waals surface area contributed by atoms with Crippen molar-refractivity contribution in [3.8, 4) is 0 Å². The molecule has 7 heteroatoms. The highest BCUT2D eigenvalue weighted by Crippen LogP contribution is 2.72. The molecule has 174 valence electrons. The summed E-state index contributed by atoms with van der Waals surface area (Å²) in [5, 5.41) is 34.2. The van der Waals surface area contributed by atoms with Crippen LogP contribution in [0.25, 0.3) is 0 Å². The summed E-state index contributed by atoms with van der Waals surface area (Å²) in [5.74, 6) is -1.61. The smallest absolute Gasteiger partial charge is 0.302 e. The lowest BCUT2D eigenvalue weighted by Crippen LogP contribution is -2.72. The van der Waals surface area contributed by atoms with E-state index < -0.39 is 64.6 Å². The fourth-order valence-corrected chi connectivity index (χ4v) is 8.46. The van der Waals surface area contributed by atoms with E-state index in [1.54, 1.807) is 0 Å². The maximum Gasteiger partial charge on any atom is 0.302 e. The second kappa shape index (κ2) is 7.03. The van der Waals surface area contributed by atoms with Crippen LogP contribution in [0, 0.1) is 34.0 Å². The summed E-state index contributed by atoms with van der Waals surface area (Å²) >= 11 is 0. The van der Waals surface area contributed by atoms with Gasteiger partial charge in [0.1, 0.15) is 12.2 Å². The van der Waals surface area contributed by atoms with Gasteiger partial charge < -0.3 is 24.8 Å². The zero-order valence-corrected chi connectivity index (χ0v) is 19.1. The third-order valence-electron chi connectivity index (χ3n) is 9.28. The molecule has 10 atom stereocenters. The average Bonchev–Trinajstić information content (AvgIpc) is 2.79. The van der Waals surface area contributed by atoms with Crippen LogP contribution in [0.5, 0.6) is 0 Å². The molecule has 2 bridgehead atoms. The van der Waals surface area contributed by atoms with Gasteiger partial charge >= 0.3 is 11.9 Å². The van der Waals surface area contributed by atoms with Gasteiger partial charge in [-0.15, -0.1) is 0 Å². The van der Waals surface area contributed by atoms with Gasteiger partial charge in [-0.1, -0.05) is 27.4 Å². The number of hydrogen-bond donors (Lipinski definition) is 3. The van der Waals surface area contributed by atoms with Crippen molar-refractivity contribution < 1.29 is 34.4 Å². The quantitative estimate of drug-likeness (QED) is 0.448. The molecule has 31 heavy (non-hydrogen) atoms. The number of carbonyl (C=O) groups excluding carboxylic acids is 2. The lowest BCUT2D eigenvalue weighted by molar-refractivity contribution is -0.291. The number of esters is 2. The largest absolute Gasteiger partial charge is 0.462 e. The molecule has 0 aromatic heterocycles. The predicted octanol–water partition coefficient (Wildman–Crippen LogP) is 1.97. The molecule has 4 aliphatic carbocycles. The van der Waals surface area contributed by atoms with E-state index in [0.29, 0.717) is 19.3 Å². The molecule has 0 heterocycles. The van der Waals surface area contributed by atoms with Crippen LogP contribution in [-0.2, 0) is 19.1 Å². The molecule has 0 aromatic rings. The number of hydrogen-bond acceptors (Lipinski definition) is 7. The summed E-state index contributed by atoms with van der Waals surface area (Å²) in [7, 11) is 0. The number of fused-ring (bicyclic) bond motifs is 3. The molecule has 0 aromatic carbocycles. The Bertz CT molecular complexity index is 806. The lowest BCUT2D eigenvalue weighted by atomic mass is 9.38. The standard InChI is InChI=1S/C24H36O7/c1-11-14-7-15(27)19-23(6)17(28)8-18(31-13(3)26)22(4,5)20(23)16(30-12(2)25)10-24(19,9-14)21(11)29/h14-21,27-29H,1,7-10H2,2-6H3/t14-,15+,16+,17+,18+,19+,20-,21-,23+,24-/m1/s1. The van der Waals surface area contributed by atoms with E-state index in [-0.39, 0.29) is 18.3 Å². The summed E-state index contributed by atoms with van der Waals surface area (Å²) in [6.07, 6.45) is -1.80. The van der Waals surface area contributed by atoms with E-state index >= 15 is 0 Å². The molecule has 0 aliphatic heterocycles. The minimum Gasteiger partial charge on any atom is -0.462 e. The first-order valence-corrected chi connectivity index (χ1v) is 11.3. The van der Waals surface area contributed by atoms with Crippen molar-refractivity contribution in [2.45, 2.75) is 90.8 Å². The molecule has 0 unspecified atom stereocenters. The highest BCUT2D eigenvalue weighted by molar-refractivity contribution is 5.67. The third-order valence-corrected chi connectivity index (χ3v) is 9.28. The van der Waals surface area contributed by atoms with Crippen LogP contribution in [0.3, 0.4) is 0 Å². The molecule has 0 radical (unpaired) electrons. The Morgan fingerprint density at radius 3 is 2.16 bits per heavy atom. The number of carbonyl (C=O) groups is 2. The zero-order chi connectivity index (χ0) is 23.1.